The van der Waals surface area contributed by atoms with Crippen LogP contribution in [-0.2, 0) is 35.5 Å². The molecule has 0 radical (unpaired) electrons. The van der Waals surface area contributed by atoms with E-state index in [0.717, 1.165) is 72.5 Å². The number of hydrogen-bond donors (Lipinski definition) is 4. The molecule has 2 aromatic heterocycles. The molecular formula is C32H28N6O2S5. The van der Waals surface area contributed by atoms with Crippen molar-refractivity contribution in [1.29, 1.82) is 10.5 Å². The van der Waals surface area contributed by atoms with Gasteiger partial charge in [-0.1, -0.05) is 0 Å². The van der Waals surface area contributed by atoms with E-state index in [4.69, 9.17) is 24.4 Å². The molecule has 0 amide bonds. The average Bonchev–Trinajstić information content (AvgIpc) is 3.57. The molecule has 0 spiro atoms. The first kappa shape index (κ1) is 31.1. The summed E-state index contributed by atoms with van der Waals surface area (Å²) in [4.78, 5) is 2.78. The highest BCUT2D eigenvalue weighted by atomic mass is 32.2. The van der Waals surface area contributed by atoms with E-state index in [9.17, 15) is 18.9 Å². The van der Waals surface area contributed by atoms with Crippen LogP contribution in [0.4, 0.5) is 21.4 Å². The van der Waals surface area contributed by atoms with Gasteiger partial charge in [-0.05, 0) is 135 Å². The molecule has 4 N–H and O–H groups in total. The first-order chi connectivity index (χ1) is 21.8. The van der Waals surface area contributed by atoms with Gasteiger partial charge in [0.25, 0.3) is 0 Å². The number of rotatable bonds is 6. The second-order valence-electron chi connectivity index (χ2n) is 10.8. The third kappa shape index (κ3) is 6.59. The predicted octanol–water partition coefficient (Wildman–Crippen LogP) is 7.76. The van der Waals surface area contributed by atoms with E-state index in [1.807, 2.05) is 0 Å². The van der Waals surface area contributed by atoms with Crippen molar-refractivity contribution in [3.8, 4) is 12.1 Å². The Morgan fingerprint density at radius 2 is 1.00 bits per heavy atom. The van der Waals surface area contributed by atoms with Crippen molar-refractivity contribution < 1.29 is 8.42 Å². The Hall–Kier alpha value is -3.85. The molecular weight excluding hydrogens is 661 g/mol. The minimum Gasteiger partial charge on any atom is -0.332 e. The van der Waals surface area contributed by atoms with Crippen molar-refractivity contribution >= 4 is 88.5 Å². The van der Waals surface area contributed by atoms with Crippen LogP contribution >= 0.6 is 47.1 Å². The Morgan fingerprint density at radius 1 is 0.622 bits per heavy atom. The van der Waals surface area contributed by atoms with Gasteiger partial charge in [-0.15, -0.1) is 22.7 Å². The summed E-state index contributed by atoms with van der Waals surface area (Å²) in [5.41, 5.74) is 4.82. The number of nitriles is 2. The Bertz CT molecular complexity index is 1840. The number of thiophene rings is 2. The molecule has 0 unspecified atom stereocenters. The monoisotopic (exact) mass is 688 g/mol. The van der Waals surface area contributed by atoms with Gasteiger partial charge >= 0.3 is 0 Å². The highest BCUT2D eigenvalue weighted by Gasteiger charge is 2.23. The number of nitrogens with one attached hydrogen (secondary N) is 4. The first-order valence-electron chi connectivity index (χ1n) is 14.5. The van der Waals surface area contributed by atoms with Crippen LogP contribution in [0.3, 0.4) is 0 Å². The van der Waals surface area contributed by atoms with Gasteiger partial charge in [0.15, 0.2) is 10.2 Å². The van der Waals surface area contributed by atoms with Gasteiger partial charge in [-0.3, -0.25) is 0 Å². The Labute approximate surface area is 281 Å². The fourth-order valence-corrected chi connectivity index (χ4v) is 9.96. The fourth-order valence-electron chi connectivity index (χ4n) is 5.65. The van der Waals surface area contributed by atoms with E-state index in [0.29, 0.717) is 32.7 Å². The Balaban J connectivity index is 1.07. The van der Waals surface area contributed by atoms with E-state index in [-0.39, 0.29) is 9.79 Å². The quantitative estimate of drug-likeness (QED) is 0.149. The van der Waals surface area contributed by atoms with Gasteiger partial charge in [-0.2, -0.15) is 10.5 Å². The fraction of sp³-hybridized carbons (Fsp3) is 0.250. The van der Waals surface area contributed by atoms with E-state index in [1.165, 1.54) is 34.0 Å². The molecule has 228 valence electrons. The highest BCUT2D eigenvalue weighted by molar-refractivity contribution is 7.91. The second-order valence-corrected chi connectivity index (χ2v) is 15.7. The van der Waals surface area contributed by atoms with Crippen molar-refractivity contribution in [2.24, 2.45) is 0 Å². The molecule has 13 heteroatoms. The lowest BCUT2D eigenvalue weighted by molar-refractivity contribution is 0.596. The molecule has 0 saturated carbocycles. The molecule has 4 aromatic rings. The third-order valence-electron chi connectivity index (χ3n) is 7.87. The second kappa shape index (κ2) is 13.3. The average molecular weight is 689 g/mol. The summed E-state index contributed by atoms with van der Waals surface area (Å²) in [6.45, 7) is 0. The molecule has 2 aromatic carbocycles. The lowest BCUT2D eigenvalue weighted by Crippen LogP contribution is -2.19. The zero-order valence-corrected chi connectivity index (χ0v) is 28.1. The van der Waals surface area contributed by atoms with Crippen molar-refractivity contribution in [1.82, 2.24) is 0 Å². The van der Waals surface area contributed by atoms with Gasteiger partial charge in [0.1, 0.15) is 22.1 Å². The number of anilines is 4. The smallest absolute Gasteiger partial charge is 0.206 e. The lowest BCUT2D eigenvalue weighted by atomic mass is 9.96. The van der Waals surface area contributed by atoms with E-state index >= 15 is 0 Å². The predicted molar refractivity (Wildman–Crippen MR) is 189 cm³/mol. The molecule has 0 aliphatic heterocycles. The molecule has 0 fully saturated rings. The number of sulfone groups is 1. The maximum atomic E-state index is 13.3. The summed E-state index contributed by atoms with van der Waals surface area (Å²) in [7, 11) is -3.77. The largest absolute Gasteiger partial charge is 0.332 e. The topological polar surface area (TPSA) is 130 Å². The van der Waals surface area contributed by atoms with Crippen LogP contribution in [0.1, 0.15) is 57.7 Å². The van der Waals surface area contributed by atoms with Crippen LogP contribution in [0, 0.1) is 22.7 Å². The van der Waals surface area contributed by atoms with E-state index in [2.05, 4.69) is 33.4 Å². The Morgan fingerprint density at radius 3 is 1.38 bits per heavy atom. The van der Waals surface area contributed by atoms with Crippen LogP contribution in [0.2, 0.25) is 0 Å². The standard InChI is InChI=1S/C32H28N6O2S5/c33-17-25-23-5-1-3-7-27(23)43-29(25)37-31(41)35-19-9-13-21(14-10-19)45(39,40)22-15-11-20(12-16-22)36-32(42)38-30-26(18-34)24-6-2-4-8-28(24)44-30/h9-16H,1-8H2,(H2,35,37,41)(H2,36,38,42). The molecule has 6 rings (SSSR count). The van der Waals surface area contributed by atoms with Gasteiger partial charge in [0.05, 0.1) is 20.9 Å². The van der Waals surface area contributed by atoms with Gasteiger partial charge in [0, 0.05) is 21.1 Å². The van der Waals surface area contributed by atoms with Crippen LogP contribution < -0.4 is 21.3 Å². The first-order valence-corrected chi connectivity index (χ1v) is 18.4. The van der Waals surface area contributed by atoms with Gasteiger partial charge < -0.3 is 21.3 Å². The molecule has 2 aliphatic carbocycles. The lowest BCUT2D eigenvalue weighted by Gasteiger charge is -2.12. The van der Waals surface area contributed by atoms with E-state index in [1.54, 1.807) is 46.9 Å². The van der Waals surface area contributed by atoms with E-state index < -0.39 is 9.84 Å². The van der Waals surface area contributed by atoms with Crippen molar-refractivity contribution in [3.63, 3.8) is 0 Å². The molecule has 0 bridgehead atoms. The molecule has 45 heavy (non-hydrogen) atoms. The van der Waals surface area contributed by atoms with Crippen molar-refractivity contribution in [3.05, 3.63) is 80.5 Å². The van der Waals surface area contributed by atoms with Gasteiger partial charge in [-0.25, -0.2) is 8.42 Å². The SMILES string of the molecule is N#Cc1c(NC(=S)Nc2ccc(S(=O)(=O)c3ccc(NC(=S)Nc4sc5c(c4C#N)CCCC5)cc3)cc2)sc2c1CCCC2. The molecule has 2 aliphatic rings. The van der Waals surface area contributed by atoms with Crippen molar-refractivity contribution in [2.75, 3.05) is 21.3 Å². The van der Waals surface area contributed by atoms with Crippen molar-refractivity contribution in [2.45, 2.75) is 61.2 Å². The molecule has 0 saturated heterocycles. The maximum Gasteiger partial charge on any atom is 0.206 e. The number of fused-ring (bicyclic) bond motifs is 2. The molecule has 0 atom stereocenters. The summed E-state index contributed by atoms with van der Waals surface area (Å²) >= 11 is 14.1. The highest BCUT2D eigenvalue weighted by Crippen LogP contribution is 2.39. The summed E-state index contributed by atoms with van der Waals surface area (Å²) < 4.78 is 26.7. The Kier molecular flexibility index (Phi) is 9.17. The van der Waals surface area contributed by atoms with Crippen LogP contribution in [0.5, 0.6) is 0 Å². The number of thiocarbonyl (C=S) groups is 2. The number of nitrogens with zero attached hydrogens (tertiary/aromatic N) is 2. The van der Waals surface area contributed by atoms with Gasteiger partial charge in [0.2, 0.25) is 9.84 Å². The third-order valence-corrected chi connectivity index (χ3v) is 12.5. The van der Waals surface area contributed by atoms with Crippen LogP contribution in [0.25, 0.3) is 0 Å². The number of benzene rings is 2. The summed E-state index contributed by atoms with van der Waals surface area (Å²) in [5, 5.41) is 34.0. The normalized spacial score (nSPS) is 13.8. The maximum absolute atomic E-state index is 13.3. The molecule has 8 nitrogen and oxygen atoms in total. The minimum atomic E-state index is -3.77. The summed E-state index contributed by atoms with van der Waals surface area (Å²) in [6, 6.07) is 17.4. The summed E-state index contributed by atoms with van der Waals surface area (Å²) in [5.74, 6) is 0. The summed E-state index contributed by atoms with van der Waals surface area (Å²) in [6.07, 6.45) is 8.23. The number of hydrogen-bond acceptors (Lipinski definition) is 8. The zero-order valence-electron chi connectivity index (χ0n) is 24.0. The molecule has 2 heterocycles. The minimum absolute atomic E-state index is 0.146. The zero-order chi connectivity index (χ0) is 31.6. The van der Waals surface area contributed by atoms with Crippen LogP contribution in [0.15, 0.2) is 58.3 Å². The van der Waals surface area contributed by atoms with Crippen LogP contribution in [-0.4, -0.2) is 18.6 Å². The number of aryl methyl sites for hydroxylation is 2.